The third-order valence-corrected chi connectivity index (χ3v) is 5.72. The highest BCUT2D eigenvalue weighted by Crippen LogP contribution is 2.17. The number of fused-ring (bicyclic) bond motifs is 1. The molecule has 212 valence electrons. The van der Waals surface area contributed by atoms with Gasteiger partial charge in [-0.25, -0.2) is 4.79 Å². The molecule has 0 unspecified atom stereocenters. The van der Waals surface area contributed by atoms with Crippen molar-refractivity contribution < 1.29 is 38.9 Å². The molecule has 0 spiro atoms. The maximum absolute atomic E-state index is 11.6. The highest BCUT2D eigenvalue weighted by Gasteiger charge is 2.17. The summed E-state index contributed by atoms with van der Waals surface area (Å²) in [6.45, 7) is 5.63. The molecule has 0 radical (unpaired) electrons. The van der Waals surface area contributed by atoms with E-state index < -0.39 is 17.9 Å². The average Bonchev–Trinajstić information content (AvgIpc) is 3.62. The number of aromatic amines is 3. The van der Waals surface area contributed by atoms with Crippen molar-refractivity contribution in [2.45, 2.75) is 46.5 Å². The molecule has 4 aromatic rings. The first-order chi connectivity index (χ1) is 19.1. The fourth-order valence-electron chi connectivity index (χ4n) is 3.89. The number of hydrogen-bond acceptors (Lipinski definition) is 6. The van der Waals surface area contributed by atoms with Crippen LogP contribution in [0, 0.1) is 13.8 Å². The fraction of sp³-hybridized carbons (Fsp3) is 0.276. The van der Waals surface area contributed by atoms with E-state index in [9.17, 15) is 24.0 Å². The zero-order valence-electron chi connectivity index (χ0n) is 22.6. The molecular formula is C29H33N3O8. The van der Waals surface area contributed by atoms with E-state index in [1.165, 1.54) is 0 Å². The standard InChI is InChI=1S/C11H15NO4.C9H11NO3.C9H7NO/c1-3-16-11(15)10-7(2)12-6-8(10)4-5-9(13)14;1-6-4-7(2-3-9(12)13)8(5-11)10-6;11-6-8-5-7-3-1-2-4-9(7)10-8/h6,12H,3-5H2,1-2H3,(H,13,14);4-5,10H,2-3H2,1H3,(H,12,13);1-6,10H. The Kier molecular flexibility index (Phi) is 12.1. The van der Waals surface area contributed by atoms with Gasteiger partial charge < -0.3 is 29.9 Å². The second kappa shape index (κ2) is 15.5. The molecule has 0 aliphatic carbocycles. The number of para-hydroxylation sites is 1. The lowest BCUT2D eigenvalue weighted by molar-refractivity contribution is -0.138. The number of carboxylic acids is 2. The number of aromatic nitrogens is 3. The molecule has 11 nitrogen and oxygen atoms in total. The Morgan fingerprint density at radius 1 is 0.900 bits per heavy atom. The Hall–Kier alpha value is -4.93. The Morgan fingerprint density at radius 2 is 1.55 bits per heavy atom. The smallest absolute Gasteiger partial charge is 0.340 e. The van der Waals surface area contributed by atoms with Gasteiger partial charge in [-0.05, 0) is 62.9 Å². The normalized spacial score (nSPS) is 10.1. The Morgan fingerprint density at radius 3 is 2.12 bits per heavy atom. The van der Waals surface area contributed by atoms with E-state index in [4.69, 9.17) is 14.9 Å². The van der Waals surface area contributed by atoms with Crippen molar-refractivity contribution in [2.75, 3.05) is 6.61 Å². The van der Waals surface area contributed by atoms with Crippen molar-refractivity contribution in [3.63, 3.8) is 0 Å². The SMILES string of the molecule is CCOC(=O)c1c(CCC(=O)O)c[nH]c1C.Cc1cc(CCC(=O)O)c(C=O)[nH]1.O=Cc1cc2ccccc2[nH]1. The molecule has 40 heavy (non-hydrogen) atoms. The molecular weight excluding hydrogens is 518 g/mol. The maximum Gasteiger partial charge on any atom is 0.340 e. The van der Waals surface area contributed by atoms with Crippen LogP contribution in [-0.2, 0) is 27.2 Å². The molecule has 0 bridgehead atoms. The molecule has 0 saturated heterocycles. The second-order valence-corrected chi connectivity index (χ2v) is 8.76. The van der Waals surface area contributed by atoms with Gasteiger partial charge in [-0.2, -0.15) is 0 Å². The summed E-state index contributed by atoms with van der Waals surface area (Å²) in [5, 5.41) is 18.1. The van der Waals surface area contributed by atoms with Gasteiger partial charge in [0.25, 0.3) is 0 Å². The first-order valence-corrected chi connectivity index (χ1v) is 12.5. The molecule has 3 aromatic heterocycles. The van der Waals surface area contributed by atoms with Gasteiger partial charge >= 0.3 is 17.9 Å². The lowest BCUT2D eigenvalue weighted by Crippen LogP contribution is -2.09. The van der Waals surface area contributed by atoms with Crippen LogP contribution >= 0.6 is 0 Å². The zero-order valence-corrected chi connectivity index (χ0v) is 22.6. The molecule has 1 aromatic carbocycles. The van der Waals surface area contributed by atoms with E-state index in [0.29, 0.717) is 53.9 Å². The number of esters is 1. The number of hydrogen-bond donors (Lipinski definition) is 5. The molecule has 0 saturated carbocycles. The van der Waals surface area contributed by atoms with Gasteiger partial charge in [0, 0.05) is 41.3 Å². The summed E-state index contributed by atoms with van der Waals surface area (Å²) in [4.78, 5) is 61.9. The Labute approximate surface area is 230 Å². The molecule has 0 aliphatic heterocycles. The lowest BCUT2D eigenvalue weighted by Gasteiger charge is -2.04. The quantitative estimate of drug-likeness (QED) is 0.139. The highest BCUT2D eigenvalue weighted by molar-refractivity contribution is 5.92. The van der Waals surface area contributed by atoms with Gasteiger partial charge in [-0.15, -0.1) is 0 Å². The van der Waals surface area contributed by atoms with Crippen molar-refractivity contribution in [3.05, 3.63) is 82.1 Å². The molecule has 0 aliphatic rings. The summed E-state index contributed by atoms with van der Waals surface area (Å²) in [5.74, 6) is -2.13. The molecule has 0 amide bonds. The summed E-state index contributed by atoms with van der Waals surface area (Å²) < 4.78 is 4.91. The molecule has 0 atom stereocenters. The molecule has 11 heteroatoms. The number of aryl methyl sites for hydroxylation is 4. The lowest BCUT2D eigenvalue weighted by atomic mass is 10.1. The monoisotopic (exact) mass is 551 g/mol. The van der Waals surface area contributed by atoms with Gasteiger partial charge in [0.2, 0.25) is 0 Å². The number of nitrogens with one attached hydrogen (secondary N) is 3. The number of H-pyrrole nitrogens is 3. The van der Waals surface area contributed by atoms with Crippen molar-refractivity contribution in [2.24, 2.45) is 0 Å². The molecule has 5 N–H and O–H groups in total. The number of carbonyl (C=O) groups is 5. The summed E-state index contributed by atoms with van der Waals surface area (Å²) in [6.07, 6.45) is 3.97. The van der Waals surface area contributed by atoms with Crippen LogP contribution in [0.5, 0.6) is 0 Å². The van der Waals surface area contributed by atoms with E-state index >= 15 is 0 Å². The van der Waals surface area contributed by atoms with Crippen LogP contribution in [0.3, 0.4) is 0 Å². The van der Waals surface area contributed by atoms with Crippen molar-refractivity contribution in [1.29, 1.82) is 0 Å². The third-order valence-electron chi connectivity index (χ3n) is 5.72. The number of carbonyl (C=O) groups excluding carboxylic acids is 3. The van der Waals surface area contributed by atoms with E-state index in [-0.39, 0.29) is 12.8 Å². The molecule has 0 fully saturated rings. The minimum Gasteiger partial charge on any atom is -0.481 e. The highest BCUT2D eigenvalue weighted by atomic mass is 16.5. The minimum absolute atomic E-state index is 0.00367. The van der Waals surface area contributed by atoms with Crippen LogP contribution in [0.1, 0.15) is 73.6 Å². The topological polar surface area (TPSA) is 182 Å². The predicted molar refractivity (Wildman–Crippen MR) is 148 cm³/mol. The summed E-state index contributed by atoms with van der Waals surface area (Å²) in [6, 6.07) is 11.4. The van der Waals surface area contributed by atoms with Crippen LogP contribution in [0.15, 0.2) is 42.6 Å². The van der Waals surface area contributed by atoms with Crippen LogP contribution in [-0.4, -0.2) is 62.3 Å². The number of benzene rings is 1. The number of rotatable bonds is 10. The first-order valence-electron chi connectivity index (χ1n) is 12.5. The van der Waals surface area contributed by atoms with Gasteiger partial charge in [-0.1, -0.05) is 18.2 Å². The van der Waals surface area contributed by atoms with Crippen molar-refractivity contribution >= 4 is 41.4 Å². The molecule has 4 rings (SSSR count). The average molecular weight is 552 g/mol. The van der Waals surface area contributed by atoms with Gasteiger partial charge in [0.05, 0.1) is 23.6 Å². The van der Waals surface area contributed by atoms with Gasteiger partial charge in [0.1, 0.15) is 0 Å². The summed E-state index contributed by atoms with van der Waals surface area (Å²) >= 11 is 0. The van der Waals surface area contributed by atoms with Gasteiger partial charge in [-0.3, -0.25) is 19.2 Å². The second-order valence-electron chi connectivity index (χ2n) is 8.76. The van der Waals surface area contributed by atoms with E-state index in [2.05, 4.69) is 15.0 Å². The third kappa shape index (κ3) is 9.43. The first kappa shape index (κ1) is 31.3. The number of carboxylic acid groups (broad SMARTS) is 2. The van der Waals surface area contributed by atoms with E-state index in [0.717, 1.165) is 28.4 Å². The number of ether oxygens (including phenoxy) is 1. The fourth-order valence-corrected chi connectivity index (χ4v) is 3.89. The number of aliphatic carboxylic acids is 2. The van der Waals surface area contributed by atoms with Crippen molar-refractivity contribution in [1.82, 2.24) is 15.0 Å². The predicted octanol–water partition coefficient (Wildman–Crippen LogP) is 4.65. The van der Waals surface area contributed by atoms with Crippen LogP contribution < -0.4 is 0 Å². The van der Waals surface area contributed by atoms with E-state index in [1.54, 1.807) is 26.1 Å². The van der Waals surface area contributed by atoms with Crippen LogP contribution in [0.25, 0.3) is 10.9 Å². The van der Waals surface area contributed by atoms with E-state index in [1.807, 2.05) is 37.3 Å². The Bertz CT molecular complexity index is 1430. The van der Waals surface area contributed by atoms with Gasteiger partial charge in [0.15, 0.2) is 12.6 Å². The minimum atomic E-state index is -0.881. The summed E-state index contributed by atoms with van der Waals surface area (Å²) in [5.41, 5.74) is 5.64. The zero-order chi connectivity index (χ0) is 29.7. The number of aldehydes is 2. The van der Waals surface area contributed by atoms with Crippen molar-refractivity contribution in [3.8, 4) is 0 Å². The Balaban J connectivity index is 0.000000213. The van der Waals surface area contributed by atoms with Crippen LogP contribution in [0.2, 0.25) is 0 Å². The maximum atomic E-state index is 11.6. The molecule has 3 heterocycles. The summed E-state index contributed by atoms with van der Waals surface area (Å²) in [7, 11) is 0. The van der Waals surface area contributed by atoms with Crippen LogP contribution in [0.4, 0.5) is 0 Å². The largest absolute Gasteiger partial charge is 0.481 e.